The molecule has 13 aromatic rings. The molecule has 4 heteroatoms. The summed E-state index contributed by atoms with van der Waals surface area (Å²) in [5.74, 6) is 0. The van der Waals surface area contributed by atoms with Gasteiger partial charge in [0.2, 0.25) is 0 Å². The number of aromatic nitrogens is 3. The highest BCUT2D eigenvalue weighted by Crippen LogP contribution is 2.43. The minimum absolute atomic E-state index is 1.14. The van der Waals surface area contributed by atoms with Crippen LogP contribution in [0, 0.1) is 0 Å². The molecule has 3 nitrogen and oxygen atoms in total. The lowest BCUT2D eigenvalue weighted by Gasteiger charge is -2.34. The van der Waals surface area contributed by atoms with E-state index in [0.29, 0.717) is 0 Å². The van der Waals surface area contributed by atoms with Crippen LogP contribution in [-0.2, 0) is 0 Å². The van der Waals surface area contributed by atoms with Crippen LogP contribution < -0.4 is 20.7 Å². The molecule has 0 atom stereocenters. The first-order chi connectivity index (χ1) is 31.8. The van der Waals surface area contributed by atoms with E-state index < -0.39 is 8.07 Å². The fraction of sp³-hybridized carbons (Fsp3) is 0. The molecule has 3 aromatic heterocycles. The molecule has 0 aliphatic rings. The summed E-state index contributed by atoms with van der Waals surface area (Å²) < 4.78 is 7.47. The maximum absolute atomic E-state index is 2.69. The van der Waals surface area contributed by atoms with E-state index in [1.165, 1.54) is 86.2 Å². The normalized spacial score (nSPS) is 12.1. The van der Waals surface area contributed by atoms with Crippen molar-refractivity contribution in [2.75, 3.05) is 0 Å². The van der Waals surface area contributed by atoms with Crippen molar-refractivity contribution in [1.29, 1.82) is 0 Å². The molecule has 0 fully saturated rings. The summed E-state index contributed by atoms with van der Waals surface area (Å²) in [5.41, 5.74) is 10.6. The molecule has 0 amide bonds. The van der Waals surface area contributed by atoms with Crippen LogP contribution in [-0.4, -0.2) is 21.8 Å². The average molecular weight is 832 g/mol. The molecule has 0 aliphatic heterocycles. The van der Waals surface area contributed by atoms with Crippen molar-refractivity contribution < 1.29 is 0 Å². The van der Waals surface area contributed by atoms with Crippen molar-refractivity contribution in [3.05, 3.63) is 249 Å². The van der Waals surface area contributed by atoms with E-state index in [1.54, 1.807) is 0 Å². The Bertz CT molecular complexity index is 3730. The van der Waals surface area contributed by atoms with Gasteiger partial charge in [-0.15, -0.1) is 0 Å². The Morgan fingerprint density at radius 1 is 0.234 bits per heavy atom. The summed E-state index contributed by atoms with van der Waals surface area (Å²) in [6, 6.07) is 92.1. The van der Waals surface area contributed by atoms with Gasteiger partial charge in [-0.1, -0.05) is 194 Å². The molecule has 0 N–H and O–H groups in total. The van der Waals surface area contributed by atoms with E-state index in [2.05, 4.69) is 262 Å². The number of hydrogen-bond acceptors (Lipinski definition) is 0. The largest absolute Gasteiger partial charge is 0.309 e. The summed E-state index contributed by atoms with van der Waals surface area (Å²) in [5, 5.41) is 12.9. The first-order valence-corrected chi connectivity index (χ1v) is 24.1. The molecular weight excluding hydrogens is 791 g/mol. The number of rotatable bonds is 7. The Labute approximate surface area is 372 Å². The monoisotopic (exact) mass is 831 g/mol. The van der Waals surface area contributed by atoms with E-state index in [1.807, 2.05) is 0 Å². The zero-order valence-corrected chi connectivity index (χ0v) is 36.0. The molecule has 64 heavy (non-hydrogen) atoms. The smallest absolute Gasteiger partial charge is 0.179 e. The maximum Gasteiger partial charge on any atom is 0.179 e. The van der Waals surface area contributed by atoms with Gasteiger partial charge in [-0.05, 0) is 75.3 Å². The quantitative estimate of drug-likeness (QED) is 0.112. The summed E-state index contributed by atoms with van der Waals surface area (Å²) in [4.78, 5) is 0. The van der Waals surface area contributed by atoms with Crippen molar-refractivity contribution in [2.24, 2.45) is 0 Å². The second-order valence-electron chi connectivity index (χ2n) is 16.8. The van der Waals surface area contributed by atoms with Gasteiger partial charge in [0.05, 0.1) is 44.5 Å². The summed E-state index contributed by atoms with van der Waals surface area (Å²) in [7, 11) is -2.69. The Balaban J connectivity index is 1.07. The second-order valence-corrected chi connectivity index (χ2v) is 20.6. The number of para-hydroxylation sites is 5. The average Bonchev–Trinajstić information content (AvgIpc) is 4.02. The molecule has 300 valence electrons. The summed E-state index contributed by atoms with van der Waals surface area (Å²) >= 11 is 0. The van der Waals surface area contributed by atoms with E-state index in [9.17, 15) is 0 Å². The van der Waals surface area contributed by atoms with Crippen molar-refractivity contribution in [3.8, 4) is 17.1 Å². The van der Waals surface area contributed by atoms with E-state index in [-0.39, 0.29) is 0 Å². The number of hydrogen-bond donors (Lipinski definition) is 0. The molecule has 0 bridgehead atoms. The zero-order valence-electron chi connectivity index (χ0n) is 35.0. The Hall–Kier alpha value is -8.18. The summed E-state index contributed by atoms with van der Waals surface area (Å²) in [6.45, 7) is 0. The molecule has 0 spiro atoms. The third-order valence-corrected chi connectivity index (χ3v) is 18.4. The third kappa shape index (κ3) is 5.21. The van der Waals surface area contributed by atoms with Crippen LogP contribution in [0.1, 0.15) is 0 Å². The number of fused-ring (bicyclic) bond motifs is 9. The van der Waals surface area contributed by atoms with Crippen LogP contribution in [0.5, 0.6) is 0 Å². The van der Waals surface area contributed by atoms with Crippen LogP contribution in [0.4, 0.5) is 0 Å². The van der Waals surface area contributed by atoms with E-state index in [4.69, 9.17) is 0 Å². The van der Waals surface area contributed by atoms with Crippen molar-refractivity contribution in [2.45, 2.75) is 0 Å². The Kier molecular flexibility index (Phi) is 8.23. The predicted molar refractivity (Wildman–Crippen MR) is 273 cm³/mol. The number of nitrogens with zero attached hydrogens (tertiary/aromatic N) is 3. The molecule has 10 aromatic carbocycles. The van der Waals surface area contributed by atoms with Crippen LogP contribution in [0.25, 0.3) is 82.5 Å². The first-order valence-electron chi connectivity index (χ1n) is 22.1. The third-order valence-electron chi connectivity index (χ3n) is 13.6. The zero-order chi connectivity index (χ0) is 42.2. The minimum Gasteiger partial charge on any atom is -0.309 e. The molecule has 0 saturated heterocycles. The number of benzene rings is 10. The Morgan fingerprint density at radius 2 is 0.609 bits per heavy atom. The van der Waals surface area contributed by atoms with E-state index in [0.717, 1.165) is 17.1 Å². The lowest BCUT2D eigenvalue weighted by molar-refractivity contribution is 1.14. The van der Waals surface area contributed by atoms with Gasteiger partial charge < -0.3 is 13.7 Å². The highest BCUT2D eigenvalue weighted by atomic mass is 28.3. The molecule has 3 heterocycles. The topological polar surface area (TPSA) is 14.8 Å². The highest BCUT2D eigenvalue weighted by Gasteiger charge is 2.41. The SMILES string of the molecule is c1ccc([Si](c2ccccc2)(c2ccccc2)c2ccc(-n3c4ccccc4c4c(-n5c6ccccc6c6cccc(-n7c8ccccc8c8ccccc87)c65)cccc43)cc2)cc1. The van der Waals surface area contributed by atoms with Gasteiger partial charge in [-0.2, -0.15) is 0 Å². The van der Waals surface area contributed by atoms with E-state index >= 15 is 0 Å². The van der Waals surface area contributed by atoms with Gasteiger partial charge >= 0.3 is 0 Å². The lowest BCUT2D eigenvalue weighted by Crippen LogP contribution is -2.74. The highest BCUT2D eigenvalue weighted by molar-refractivity contribution is 7.19. The van der Waals surface area contributed by atoms with Crippen LogP contribution in [0.3, 0.4) is 0 Å². The fourth-order valence-corrected chi connectivity index (χ4v) is 15.7. The van der Waals surface area contributed by atoms with Crippen molar-refractivity contribution in [3.63, 3.8) is 0 Å². The van der Waals surface area contributed by atoms with Gasteiger partial charge in [0, 0.05) is 38.0 Å². The Morgan fingerprint density at radius 3 is 1.16 bits per heavy atom. The van der Waals surface area contributed by atoms with Crippen molar-refractivity contribution in [1.82, 2.24) is 13.7 Å². The van der Waals surface area contributed by atoms with Crippen LogP contribution >= 0.6 is 0 Å². The summed E-state index contributed by atoms with van der Waals surface area (Å²) in [6.07, 6.45) is 0. The van der Waals surface area contributed by atoms with Gasteiger partial charge in [-0.25, -0.2) is 0 Å². The van der Waals surface area contributed by atoms with Gasteiger partial charge in [0.15, 0.2) is 8.07 Å². The minimum atomic E-state index is -2.69. The van der Waals surface area contributed by atoms with Crippen LogP contribution in [0.15, 0.2) is 249 Å². The van der Waals surface area contributed by atoms with Crippen LogP contribution in [0.2, 0.25) is 0 Å². The second kappa shape index (κ2) is 14.5. The molecule has 0 unspecified atom stereocenters. The first kappa shape index (κ1) is 36.5. The van der Waals surface area contributed by atoms with Gasteiger partial charge in [0.1, 0.15) is 0 Å². The standard InChI is InChI=1S/C60H41N3Si/c1-4-20-43(21-5-1)64(44-22-6-2-7-23-44,45-24-8-3-9-25-45)46-40-38-42(39-41-46)61-55-34-17-13-29-51(55)59-56(61)35-19-36-57(59)63-54-33-16-12-28-49(54)50-30-18-37-58(60(50)63)62-52-31-14-10-26-47(52)48-27-11-15-32-53(48)62/h1-41H. The fourth-order valence-electron chi connectivity index (χ4n) is 11.0. The lowest BCUT2D eigenvalue weighted by atomic mass is 10.1. The van der Waals surface area contributed by atoms with Crippen molar-refractivity contribution >= 4 is 94.2 Å². The predicted octanol–water partition coefficient (Wildman–Crippen LogP) is 12.4. The van der Waals surface area contributed by atoms with Gasteiger partial charge in [0.25, 0.3) is 0 Å². The molecule has 13 rings (SSSR count). The molecule has 0 radical (unpaired) electrons. The van der Waals surface area contributed by atoms with Gasteiger partial charge in [-0.3, -0.25) is 0 Å². The molecule has 0 saturated carbocycles. The molecule has 0 aliphatic carbocycles. The molecular formula is C60H41N3Si. The maximum atomic E-state index is 2.53.